The van der Waals surface area contributed by atoms with Crippen LogP contribution < -0.4 is 5.56 Å². The van der Waals surface area contributed by atoms with Crippen LogP contribution in [-0.2, 0) is 6.54 Å². The molecule has 3 heterocycles. The van der Waals surface area contributed by atoms with Gasteiger partial charge in [-0.05, 0) is 55.0 Å². The maximum absolute atomic E-state index is 13.2. The molecule has 0 fully saturated rings. The van der Waals surface area contributed by atoms with Crippen molar-refractivity contribution in [3.8, 4) is 16.9 Å². The lowest BCUT2D eigenvalue weighted by Gasteiger charge is -2.17. The second-order valence-electron chi connectivity index (χ2n) is 7.11. The van der Waals surface area contributed by atoms with Crippen molar-refractivity contribution in [3.05, 3.63) is 100 Å². The third-order valence-electron chi connectivity index (χ3n) is 4.88. The third-order valence-corrected chi connectivity index (χ3v) is 4.88. The van der Waals surface area contributed by atoms with E-state index in [1.807, 2.05) is 6.07 Å². The Hall–Kier alpha value is -4.07. The van der Waals surface area contributed by atoms with Crippen molar-refractivity contribution >= 4 is 5.91 Å². The minimum absolute atomic E-state index is 0.0429. The average Bonchev–Trinajstić information content (AvgIpc) is 3.24. The molecule has 3 aromatic heterocycles. The first-order valence-corrected chi connectivity index (χ1v) is 9.53. The van der Waals surface area contributed by atoms with Crippen molar-refractivity contribution in [3.63, 3.8) is 0 Å². The quantitative estimate of drug-likeness (QED) is 0.495. The van der Waals surface area contributed by atoms with Gasteiger partial charge in [-0.2, -0.15) is 0 Å². The van der Waals surface area contributed by atoms with Crippen molar-refractivity contribution in [2.24, 2.45) is 0 Å². The molecule has 7 nitrogen and oxygen atoms in total. The zero-order valence-electron chi connectivity index (χ0n) is 16.9. The zero-order chi connectivity index (χ0) is 22.0. The number of benzene rings is 1. The van der Waals surface area contributed by atoms with Crippen molar-refractivity contribution in [1.82, 2.24) is 19.6 Å². The molecule has 1 aromatic carbocycles. The molecule has 0 aliphatic rings. The lowest BCUT2D eigenvalue weighted by molar-refractivity contribution is 0.0769. The first-order chi connectivity index (χ1) is 14.9. The molecular formula is C23H19FN4O3. The van der Waals surface area contributed by atoms with Crippen LogP contribution in [0.4, 0.5) is 4.39 Å². The van der Waals surface area contributed by atoms with Gasteiger partial charge < -0.3 is 9.42 Å². The van der Waals surface area contributed by atoms with E-state index >= 15 is 0 Å². The second-order valence-corrected chi connectivity index (χ2v) is 7.11. The molecule has 4 rings (SSSR count). The summed E-state index contributed by atoms with van der Waals surface area (Å²) in [5.74, 6) is -0.377. The Morgan fingerprint density at radius 3 is 2.68 bits per heavy atom. The van der Waals surface area contributed by atoms with E-state index in [1.165, 1.54) is 33.7 Å². The fourth-order valence-electron chi connectivity index (χ4n) is 3.23. The molecule has 0 radical (unpaired) electrons. The van der Waals surface area contributed by atoms with E-state index < -0.39 is 17.3 Å². The second kappa shape index (κ2) is 8.35. The van der Waals surface area contributed by atoms with Gasteiger partial charge in [0.2, 0.25) is 0 Å². The molecule has 1 amide bonds. The highest BCUT2D eigenvalue weighted by Crippen LogP contribution is 2.19. The highest BCUT2D eigenvalue weighted by atomic mass is 19.1. The number of pyridine rings is 2. The first kappa shape index (κ1) is 20.2. The van der Waals surface area contributed by atoms with Gasteiger partial charge in [-0.3, -0.25) is 19.1 Å². The maximum atomic E-state index is 13.2. The fourth-order valence-corrected chi connectivity index (χ4v) is 3.23. The number of hydrogen-bond donors (Lipinski definition) is 0. The number of carbonyl (C=O) groups is 1. The van der Waals surface area contributed by atoms with Gasteiger partial charge in [0.1, 0.15) is 17.1 Å². The molecule has 0 atom stereocenters. The van der Waals surface area contributed by atoms with E-state index in [-0.39, 0.29) is 12.1 Å². The van der Waals surface area contributed by atoms with Gasteiger partial charge in [-0.15, -0.1) is 0 Å². The first-order valence-electron chi connectivity index (χ1n) is 9.53. The molecule has 31 heavy (non-hydrogen) atoms. The number of aromatic nitrogens is 3. The van der Waals surface area contributed by atoms with E-state index in [1.54, 1.807) is 50.8 Å². The third kappa shape index (κ3) is 4.13. The van der Waals surface area contributed by atoms with E-state index in [0.717, 1.165) is 5.56 Å². The molecule has 0 N–H and O–H groups in total. The van der Waals surface area contributed by atoms with Gasteiger partial charge in [0.05, 0.1) is 6.54 Å². The van der Waals surface area contributed by atoms with Crippen LogP contribution >= 0.6 is 0 Å². The van der Waals surface area contributed by atoms with Crippen LogP contribution in [0.3, 0.4) is 0 Å². The fraction of sp³-hybridized carbons (Fsp3) is 0.130. The molecule has 0 saturated heterocycles. The molecule has 8 heteroatoms. The lowest BCUT2D eigenvalue weighted by Crippen LogP contribution is -2.34. The van der Waals surface area contributed by atoms with Gasteiger partial charge in [0.15, 0.2) is 5.76 Å². The molecular weight excluding hydrogens is 399 g/mol. The standard InChI is InChI=1S/C23H19FN4O3/c1-15-9-11-28(18-7-5-17(24)6-8-18)23(30)21(15)22(29)27(2)14-19-12-20(26-31-19)16-4-3-10-25-13-16/h3-13H,14H2,1-2H3. The summed E-state index contributed by atoms with van der Waals surface area (Å²) in [7, 11) is 1.59. The average molecular weight is 418 g/mol. The molecule has 156 valence electrons. The number of aryl methyl sites for hydroxylation is 1. The smallest absolute Gasteiger partial charge is 0.268 e. The molecule has 4 aromatic rings. The topological polar surface area (TPSA) is 81.2 Å². The number of hydrogen-bond acceptors (Lipinski definition) is 5. The molecule has 0 aliphatic carbocycles. The maximum Gasteiger partial charge on any atom is 0.268 e. The lowest BCUT2D eigenvalue weighted by atomic mass is 10.1. The van der Waals surface area contributed by atoms with Crippen LogP contribution in [0.1, 0.15) is 21.7 Å². The van der Waals surface area contributed by atoms with Crippen molar-refractivity contribution in [2.75, 3.05) is 7.05 Å². The molecule has 0 unspecified atom stereocenters. The Kier molecular flexibility index (Phi) is 5.44. The molecule has 0 saturated carbocycles. The van der Waals surface area contributed by atoms with Gasteiger partial charge in [-0.1, -0.05) is 5.16 Å². The normalized spacial score (nSPS) is 10.8. The van der Waals surface area contributed by atoms with E-state index in [0.29, 0.717) is 22.7 Å². The summed E-state index contributed by atoms with van der Waals surface area (Å²) < 4.78 is 19.9. The Balaban J connectivity index is 1.59. The largest absolute Gasteiger partial charge is 0.359 e. The summed E-state index contributed by atoms with van der Waals surface area (Å²) in [6, 6.07) is 12.6. The van der Waals surface area contributed by atoms with Crippen LogP contribution in [0.15, 0.2) is 76.4 Å². The van der Waals surface area contributed by atoms with Crippen molar-refractivity contribution < 1.29 is 13.7 Å². The van der Waals surface area contributed by atoms with Crippen LogP contribution in [-0.4, -0.2) is 32.6 Å². The highest BCUT2D eigenvalue weighted by Gasteiger charge is 2.21. The number of rotatable bonds is 5. The van der Waals surface area contributed by atoms with Gasteiger partial charge in [0.25, 0.3) is 11.5 Å². The van der Waals surface area contributed by atoms with E-state index in [4.69, 9.17) is 4.52 Å². The Morgan fingerprint density at radius 2 is 1.97 bits per heavy atom. The Bertz CT molecular complexity index is 1280. The van der Waals surface area contributed by atoms with E-state index in [2.05, 4.69) is 10.1 Å². The summed E-state index contributed by atoms with van der Waals surface area (Å²) in [6.07, 6.45) is 4.90. The van der Waals surface area contributed by atoms with Crippen LogP contribution in [0.25, 0.3) is 16.9 Å². The SMILES string of the molecule is Cc1ccn(-c2ccc(F)cc2)c(=O)c1C(=O)N(C)Cc1cc(-c2cccnc2)no1. The highest BCUT2D eigenvalue weighted by molar-refractivity contribution is 5.95. The summed E-state index contributed by atoms with van der Waals surface area (Å²) in [4.78, 5) is 31.6. The zero-order valence-corrected chi connectivity index (χ0v) is 16.9. The van der Waals surface area contributed by atoms with Gasteiger partial charge in [-0.25, -0.2) is 4.39 Å². The summed E-state index contributed by atoms with van der Waals surface area (Å²) in [5.41, 5.74) is 2.00. The summed E-state index contributed by atoms with van der Waals surface area (Å²) >= 11 is 0. The monoisotopic (exact) mass is 418 g/mol. The predicted octanol–water partition coefficient (Wildman–Crippen LogP) is 3.61. The Labute approximate surface area is 177 Å². The van der Waals surface area contributed by atoms with Crippen LogP contribution in [0, 0.1) is 12.7 Å². The van der Waals surface area contributed by atoms with Crippen molar-refractivity contribution in [1.29, 1.82) is 0 Å². The van der Waals surface area contributed by atoms with Crippen LogP contribution in [0.5, 0.6) is 0 Å². The van der Waals surface area contributed by atoms with Crippen LogP contribution in [0.2, 0.25) is 0 Å². The predicted molar refractivity (Wildman–Crippen MR) is 112 cm³/mol. The van der Waals surface area contributed by atoms with Gasteiger partial charge in [0, 0.05) is 43.0 Å². The number of halogens is 1. The van der Waals surface area contributed by atoms with Crippen molar-refractivity contribution in [2.45, 2.75) is 13.5 Å². The molecule has 0 aliphatic heterocycles. The molecule has 0 spiro atoms. The molecule has 0 bridgehead atoms. The Morgan fingerprint density at radius 1 is 1.19 bits per heavy atom. The number of carbonyl (C=O) groups excluding carboxylic acids is 1. The minimum atomic E-state index is -0.475. The van der Waals surface area contributed by atoms with Gasteiger partial charge >= 0.3 is 0 Å². The number of amides is 1. The number of nitrogens with zero attached hydrogens (tertiary/aromatic N) is 4. The summed E-state index contributed by atoms with van der Waals surface area (Å²) in [5, 5.41) is 4.02. The van der Waals surface area contributed by atoms with E-state index in [9.17, 15) is 14.0 Å². The minimum Gasteiger partial charge on any atom is -0.359 e. The summed E-state index contributed by atoms with van der Waals surface area (Å²) in [6.45, 7) is 1.84.